The quantitative estimate of drug-likeness (QED) is 0.845. The third kappa shape index (κ3) is 4.08. The summed E-state index contributed by atoms with van der Waals surface area (Å²) >= 11 is 5.78. The predicted octanol–water partition coefficient (Wildman–Crippen LogP) is 2.36. The second kappa shape index (κ2) is 5.95. The highest BCUT2D eigenvalue weighted by Gasteiger charge is 2.08. The molecule has 0 bridgehead atoms. The van der Waals surface area contributed by atoms with Gasteiger partial charge >= 0.3 is 0 Å². The molecule has 1 amide bonds. The summed E-state index contributed by atoms with van der Waals surface area (Å²) in [5, 5.41) is 3.37. The van der Waals surface area contributed by atoms with Crippen molar-refractivity contribution >= 4 is 35.6 Å². The molecule has 0 heterocycles. The lowest BCUT2D eigenvalue weighted by molar-refractivity contribution is -0.117. The molecule has 0 saturated carbocycles. The molecule has 0 radical (unpaired) electrons. The van der Waals surface area contributed by atoms with Crippen molar-refractivity contribution in [2.24, 2.45) is 5.73 Å². The number of benzene rings is 1. The Morgan fingerprint density at radius 1 is 1.53 bits per heavy atom. The SMILES string of the molecule is Cc1cc(Cl)ccc1NC(=O)[C@H](C)N.Cl. The molecule has 0 saturated heterocycles. The van der Waals surface area contributed by atoms with E-state index in [1.807, 2.05) is 6.92 Å². The topological polar surface area (TPSA) is 55.1 Å². The molecule has 0 aliphatic heterocycles. The van der Waals surface area contributed by atoms with Crippen molar-refractivity contribution in [1.82, 2.24) is 0 Å². The maximum absolute atomic E-state index is 11.3. The summed E-state index contributed by atoms with van der Waals surface area (Å²) in [7, 11) is 0. The Labute approximate surface area is 100 Å². The molecule has 1 atom stereocenters. The molecular weight excluding hydrogens is 235 g/mol. The van der Waals surface area contributed by atoms with Gasteiger partial charge in [0.05, 0.1) is 6.04 Å². The predicted molar refractivity (Wildman–Crippen MR) is 65.7 cm³/mol. The van der Waals surface area contributed by atoms with Gasteiger partial charge in [0.15, 0.2) is 0 Å². The summed E-state index contributed by atoms with van der Waals surface area (Å²) in [6.45, 7) is 3.52. The zero-order valence-corrected chi connectivity index (χ0v) is 10.2. The third-order valence-electron chi connectivity index (χ3n) is 1.86. The van der Waals surface area contributed by atoms with E-state index in [-0.39, 0.29) is 18.3 Å². The maximum Gasteiger partial charge on any atom is 0.241 e. The molecule has 0 spiro atoms. The van der Waals surface area contributed by atoms with Gasteiger partial charge in [-0.3, -0.25) is 4.79 Å². The van der Waals surface area contributed by atoms with E-state index in [4.69, 9.17) is 17.3 Å². The van der Waals surface area contributed by atoms with Gasteiger partial charge < -0.3 is 11.1 Å². The minimum atomic E-state index is -0.509. The first-order valence-electron chi connectivity index (χ1n) is 4.33. The Bertz CT molecular complexity index is 353. The molecule has 1 rings (SSSR count). The van der Waals surface area contributed by atoms with Crippen LogP contribution in [0.2, 0.25) is 5.02 Å². The first-order valence-corrected chi connectivity index (χ1v) is 4.71. The van der Waals surface area contributed by atoms with Gasteiger partial charge in [0.2, 0.25) is 5.91 Å². The van der Waals surface area contributed by atoms with Gasteiger partial charge in [-0.2, -0.15) is 0 Å². The summed E-state index contributed by atoms with van der Waals surface area (Å²) in [6.07, 6.45) is 0. The van der Waals surface area contributed by atoms with Crippen molar-refractivity contribution in [2.75, 3.05) is 5.32 Å². The molecular formula is C10H14Cl2N2O. The Morgan fingerprint density at radius 3 is 2.60 bits per heavy atom. The van der Waals surface area contributed by atoms with Gasteiger partial charge in [0, 0.05) is 10.7 Å². The van der Waals surface area contributed by atoms with E-state index >= 15 is 0 Å². The number of anilines is 1. The number of nitrogens with one attached hydrogen (secondary N) is 1. The van der Waals surface area contributed by atoms with Crippen molar-refractivity contribution in [3.63, 3.8) is 0 Å². The third-order valence-corrected chi connectivity index (χ3v) is 2.09. The number of aryl methyl sites for hydroxylation is 1. The van der Waals surface area contributed by atoms with Crippen molar-refractivity contribution in [3.05, 3.63) is 28.8 Å². The summed E-state index contributed by atoms with van der Waals surface area (Å²) in [5.74, 6) is -0.199. The monoisotopic (exact) mass is 248 g/mol. The van der Waals surface area contributed by atoms with Gasteiger partial charge in [0.25, 0.3) is 0 Å². The number of hydrogen-bond acceptors (Lipinski definition) is 2. The van der Waals surface area contributed by atoms with Crippen molar-refractivity contribution in [2.45, 2.75) is 19.9 Å². The largest absolute Gasteiger partial charge is 0.325 e. The second-order valence-corrected chi connectivity index (χ2v) is 3.67. The molecule has 15 heavy (non-hydrogen) atoms. The van der Waals surface area contributed by atoms with Gasteiger partial charge in [-0.15, -0.1) is 12.4 Å². The number of carbonyl (C=O) groups is 1. The Hall–Kier alpha value is -0.770. The highest BCUT2D eigenvalue weighted by molar-refractivity contribution is 6.30. The zero-order chi connectivity index (χ0) is 10.7. The van der Waals surface area contributed by atoms with Crippen LogP contribution in [0.25, 0.3) is 0 Å². The van der Waals surface area contributed by atoms with Crippen LogP contribution in [0.1, 0.15) is 12.5 Å². The minimum absolute atomic E-state index is 0. The van der Waals surface area contributed by atoms with E-state index in [9.17, 15) is 4.79 Å². The van der Waals surface area contributed by atoms with E-state index in [1.165, 1.54) is 0 Å². The highest BCUT2D eigenvalue weighted by atomic mass is 35.5. The molecule has 1 aromatic rings. The molecule has 0 aromatic heterocycles. The van der Waals surface area contributed by atoms with Crippen LogP contribution < -0.4 is 11.1 Å². The first kappa shape index (κ1) is 14.2. The number of carbonyl (C=O) groups excluding carboxylic acids is 1. The number of hydrogen-bond donors (Lipinski definition) is 2. The summed E-state index contributed by atoms with van der Waals surface area (Å²) in [6, 6.07) is 4.77. The lowest BCUT2D eigenvalue weighted by Gasteiger charge is -2.10. The first-order chi connectivity index (χ1) is 6.50. The van der Waals surface area contributed by atoms with Crippen LogP contribution in [0.3, 0.4) is 0 Å². The van der Waals surface area contributed by atoms with Crippen LogP contribution in [-0.4, -0.2) is 11.9 Å². The van der Waals surface area contributed by atoms with Crippen LogP contribution in [0.15, 0.2) is 18.2 Å². The molecule has 0 unspecified atom stereocenters. The van der Waals surface area contributed by atoms with Gasteiger partial charge in [-0.25, -0.2) is 0 Å². The van der Waals surface area contributed by atoms with E-state index in [0.717, 1.165) is 11.3 Å². The number of nitrogens with two attached hydrogens (primary N) is 1. The molecule has 84 valence electrons. The van der Waals surface area contributed by atoms with Gasteiger partial charge in [0.1, 0.15) is 0 Å². The normalized spacial score (nSPS) is 11.5. The number of halogens is 2. The lowest BCUT2D eigenvalue weighted by Crippen LogP contribution is -2.32. The molecule has 0 aliphatic carbocycles. The maximum atomic E-state index is 11.3. The molecule has 0 aliphatic rings. The Kier molecular flexibility index (Phi) is 5.65. The summed E-state index contributed by atoms with van der Waals surface area (Å²) in [5.41, 5.74) is 7.10. The fraction of sp³-hybridized carbons (Fsp3) is 0.300. The van der Waals surface area contributed by atoms with Crippen LogP contribution >= 0.6 is 24.0 Å². The van der Waals surface area contributed by atoms with Gasteiger partial charge in [-0.1, -0.05) is 11.6 Å². The van der Waals surface area contributed by atoms with Crippen molar-refractivity contribution < 1.29 is 4.79 Å². The standard InChI is InChI=1S/C10H13ClN2O.ClH/c1-6-5-8(11)3-4-9(6)13-10(14)7(2)12;/h3-5,7H,12H2,1-2H3,(H,13,14);1H/t7-;/m0./s1. The van der Waals surface area contributed by atoms with Crippen LogP contribution in [0.4, 0.5) is 5.69 Å². The highest BCUT2D eigenvalue weighted by Crippen LogP contribution is 2.19. The lowest BCUT2D eigenvalue weighted by atomic mass is 10.2. The molecule has 1 aromatic carbocycles. The average Bonchev–Trinajstić information content (AvgIpc) is 2.09. The van der Waals surface area contributed by atoms with E-state index in [2.05, 4.69) is 5.32 Å². The fourth-order valence-corrected chi connectivity index (χ4v) is 1.24. The number of amides is 1. The minimum Gasteiger partial charge on any atom is -0.325 e. The summed E-state index contributed by atoms with van der Waals surface area (Å²) in [4.78, 5) is 11.3. The van der Waals surface area contributed by atoms with E-state index < -0.39 is 6.04 Å². The Morgan fingerprint density at radius 2 is 2.13 bits per heavy atom. The van der Waals surface area contributed by atoms with Crippen LogP contribution in [-0.2, 0) is 4.79 Å². The van der Waals surface area contributed by atoms with Crippen molar-refractivity contribution in [3.8, 4) is 0 Å². The summed E-state index contributed by atoms with van der Waals surface area (Å²) < 4.78 is 0. The smallest absolute Gasteiger partial charge is 0.241 e. The van der Waals surface area contributed by atoms with Gasteiger partial charge in [-0.05, 0) is 37.6 Å². The number of rotatable bonds is 2. The Balaban J connectivity index is 0.00000196. The zero-order valence-electron chi connectivity index (χ0n) is 8.58. The van der Waals surface area contributed by atoms with Crippen LogP contribution in [0.5, 0.6) is 0 Å². The van der Waals surface area contributed by atoms with E-state index in [0.29, 0.717) is 5.02 Å². The van der Waals surface area contributed by atoms with Crippen LogP contribution in [0, 0.1) is 6.92 Å². The fourth-order valence-electron chi connectivity index (χ4n) is 1.01. The van der Waals surface area contributed by atoms with Crippen molar-refractivity contribution in [1.29, 1.82) is 0 Å². The molecule has 5 heteroatoms. The average molecular weight is 249 g/mol. The molecule has 0 fully saturated rings. The van der Waals surface area contributed by atoms with E-state index in [1.54, 1.807) is 25.1 Å². The molecule has 3 nitrogen and oxygen atoms in total. The molecule has 3 N–H and O–H groups in total. The second-order valence-electron chi connectivity index (χ2n) is 3.24.